The lowest BCUT2D eigenvalue weighted by Crippen LogP contribution is -2.25. The number of nitrogens with zero attached hydrogens (tertiary/aromatic N) is 3. The van der Waals surface area contributed by atoms with E-state index in [9.17, 15) is 4.79 Å². The molecule has 0 radical (unpaired) electrons. The van der Waals surface area contributed by atoms with E-state index in [1.54, 1.807) is 12.3 Å². The van der Waals surface area contributed by atoms with E-state index in [0.29, 0.717) is 22.6 Å². The second-order valence-electron chi connectivity index (χ2n) is 3.47. The normalized spacial score (nSPS) is 10.3. The largest absolute Gasteiger partial charge is 0.271 e. The Bertz CT molecular complexity index is 635. The Kier molecular flexibility index (Phi) is 3.87. The van der Waals surface area contributed by atoms with Crippen molar-refractivity contribution in [3.05, 3.63) is 39.1 Å². The average molecular weight is 328 g/mol. The molecule has 8 heteroatoms. The molecule has 0 aliphatic rings. The summed E-state index contributed by atoms with van der Waals surface area (Å²) in [6, 6.07) is 1.68. The Labute approximate surface area is 117 Å². The lowest BCUT2D eigenvalue weighted by atomic mass is 10.3. The molecule has 94 valence electrons. The molecule has 0 fully saturated rings. The molecule has 2 aromatic rings. The Hall–Kier alpha value is -1.54. The summed E-state index contributed by atoms with van der Waals surface area (Å²) in [5.41, 5.74) is 3.11. The molecule has 0 aliphatic carbocycles. The summed E-state index contributed by atoms with van der Waals surface area (Å²) in [6.07, 6.45) is 3.75. The standard InChI is InChI=1S/C10H10BrN5OS/c1-2-8-13-14-10(18)16(8)15-9(17)6-3-7(11)5-12-4-6/h3-5H,2H2,1H3,(H,14,18)(H,15,17). The van der Waals surface area contributed by atoms with Crippen LogP contribution in [0.2, 0.25) is 0 Å². The number of hydrogen-bond donors (Lipinski definition) is 2. The summed E-state index contributed by atoms with van der Waals surface area (Å²) in [6.45, 7) is 1.92. The number of carbonyl (C=O) groups is 1. The van der Waals surface area contributed by atoms with Gasteiger partial charge in [-0.05, 0) is 34.2 Å². The Morgan fingerprint density at radius 1 is 1.61 bits per heavy atom. The van der Waals surface area contributed by atoms with Crippen molar-refractivity contribution in [1.82, 2.24) is 19.9 Å². The number of amides is 1. The fraction of sp³-hybridized carbons (Fsp3) is 0.200. The predicted molar refractivity (Wildman–Crippen MR) is 72.4 cm³/mol. The highest BCUT2D eigenvalue weighted by Gasteiger charge is 2.10. The minimum Gasteiger partial charge on any atom is -0.267 e. The van der Waals surface area contributed by atoms with Crippen LogP contribution in [0.4, 0.5) is 0 Å². The van der Waals surface area contributed by atoms with Gasteiger partial charge in [0.15, 0.2) is 5.82 Å². The minimum atomic E-state index is -0.295. The summed E-state index contributed by atoms with van der Waals surface area (Å²) in [7, 11) is 0. The third kappa shape index (κ3) is 2.65. The Morgan fingerprint density at radius 3 is 3.06 bits per heavy atom. The number of nitrogens with one attached hydrogen (secondary N) is 2. The molecule has 0 unspecified atom stereocenters. The van der Waals surface area contributed by atoms with Gasteiger partial charge in [-0.1, -0.05) is 6.92 Å². The smallest absolute Gasteiger partial charge is 0.267 e. The first-order valence-corrected chi connectivity index (χ1v) is 6.40. The summed E-state index contributed by atoms with van der Waals surface area (Å²) >= 11 is 8.30. The Balaban J connectivity index is 2.26. The van der Waals surface area contributed by atoms with Crippen molar-refractivity contribution in [2.24, 2.45) is 0 Å². The first-order chi connectivity index (χ1) is 8.61. The molecule has 0 spiro atoms. The van der Waals surface area contributed by atoms with Gasteiger partial charge in [-0.3, -0.25) is 20.3 Å². The summed E-state index contributed by atoms with van der Waals surface area (Å²) < 4.78 is 2.54. The van der Waals surface area contributed by atoms with Gasteiger partial charge in [0, 0.05) is 23.3 Å². The van der Waals surface area contributed by atoms with E-state index in [4.69, 9.17) is 12.2 Å². The quantitative estimate of drug-likeness (QED) is 0.846. The van der Waals surface area contributed by atoms with Crippen molar-refractivity contribution >= 4 is 34.1 Å². The molecular formula is C10H10BrN5OS. The topological polar surface area (TPSA) is 75.6 Å². The molecule has 1 amide bonds. The van der Waals surface area contributed by atoms with Gasteiger partial charge in [0.2, 0.25) is 4.77 Å². The van der Waals surface area contributed by atoms with Crippen molar-refractivity contribution < 1.29 is 4.79 Å². The minimum absolute atomic E-state index is 0.295. The molecule has 2 rings (SSSR count). The maximum Gasteiger partial charge on any atom is 0.271 e. The highest BCUT2D eigenvalue weighted by molar-refractivity contribution is 9.10. The molecule has 6 nitrogen and oxygen atoms in total. The summed E-state index contributed by atoms with van der Waals surface area (Å²) in [5, 5.41) is 6.64. The predicted octanol–water partition coefficient (Wildman–Crippen LogP) is 2.04. The highest BCUT2D eigenvalue weighted by atomic mass is 79.9. The molecule has 18 heavy (non-hydrogen) atoms. The van der Waals surface area contributed by atoms with Crippen molar-refractivity contribution in [1.29, 1.82) is 0 Å². The van der Waals surface area contributed by atoms with Gasteiger partial charge in [-0.2, -0.15) is 5.10 Å². The number of H-pyrrole nitrogens is 1. The van der Waals surface area contributed by atoms with Crippen LogP contribution in [0, 0.1) is 4.77 Å². The van der Waals surface area contributed by atoms with Crippen LogP contribution in [-0.2, 0) is 6.42 Å². The first-order valence-electron chi connectivity index (χ1n) is 5.20. The van der Waals surface area contributed by atoms with E-state index in [1.165, 1.54) is 10.9 Å². The maximum atomic E-state index is 12.0. The third-order valence-electron chi connectivity index (χ3n) is 2.24. The van der Waals surface area contributed by atoms with Gasteiger partial charge >= 0.3 is 0 Å². The lowest BCUT2D eigenvalue weighted by molar-refractivity contribution is 0.101. The van der Waals surface area contributed by atoms with Gasteiger partial charge in [-0.15, -0.1) is 0 Å². The molecule has 2 heterocycles. The average Bonchev–Trinajstić information content (AvgIpc) is 2.70. The fourth-order valence-corrected chi connectivity index (χ4v) is 1.95. The monoisotopic (exact) mass is 327 g/mol. The number of carbonyl (C=O) groups excluding carboxylic acids is 1. The van der Waals surface area contributed by atoms with Crippen LogP contribution in [0.3, 0.4) is 0 Å². The maximum absolute atomic E-state index is 12.0. The number of aryl methyl sites for hydroxylation is 1. The Morgan fingerprint density at radius 2 is 2.39 bits per heavy atom. The second-order valence-corrected chi connectivity index (χ2v) is 4.77. The number of pyridine rings is 1. The molecule has 0 aromatic carbocycles. The molecule has 0 bridgehead atoms. The SMILES string of the molecule is CCc1n[nH]c(=S)n1NC(=O)c1cncc(Br)c1. The van der Waals surface area contributed by atoms with Crippen molar-refractivity contribution in [2.75, 3.05) is 5.43 Å². The van der Waals surface area contributed by atoms with Gasteiger partial charge in [0.1, 0.15) is 0 Å². The van der Waals surface area contributed by atoms with E-state index in [0.717, 1.165) is 4.47 Å². The highest BCUT2D eigenvalue weighted by Crippen LogP contribution is 2.09. The van der Waals surface area contributed by atoms with Crippen molar-refractivity contribution in [3.63, 3.8) is 0 Å². The van der Waals surface area contributed by atoms with Gasteiger partial charge in [0.05, 0.1) is 5.56 Å². The van der Waals surface area contributed by atoms with E-state index in [-0.39, 0.29) is 5.91 Å². The molecule has 0 saturated heterocycles. The van der Waals surface area contributed by atoms with E-state index < -0.39 is 0 Å². The second kappa shape index (κ2) is 5.40. The lowest BCUT2D eigenvalue weighted by Gasteiger charge is -2.07. The zero-order valence-corrected chi connectivity index (χ0v) is 11.9. The molecule has 0 atom stereocenters. The molecule has 0 saturated carbocycles. The van der Waals surface area contributed by atoms with Crippen LogP contribution < -0.4 is 5.43 Å². The number of rotatable bonds is 3. The van der Waals surface area contributed by atoms with E-state index >= 15 is 0 Å². The van der Waals surface area contributed by atoms with Crippen molar-refractivity contribution in [3.8, 4) is 0 Å². The van der Waals surface area contributed by atoms with Crippen LogP contribution in [0.1, 0.15) is 23.1 Å². The van der Waals surface area contributed by atoms with Gasteiger partial charge in [0.25, 0.3) is 5.91 Å². The molecule has 0 aliphatic heterocycles. The summed E-state index contributed by atoms with van der Waals surface area (Å²) in [5.74, 6) is 0.368. The zero-order chi connectivity index (χ0) is 13.1. The van der Waals surface area contributed by atoms with Crippen molar-refractivity contribution in [2.45, 2.75) is 13.3 Å². The van der Waals surface area contributed by atoms with Crippen LogP contribution in [-0.4, -0.2) is 25.8 Å². The fourth-order valence-electron chi connectivity index (χ4n) is 1.38. The number of hydrogen-bond acceptors (Lipinski definition) is 4. The summed E-state index contributed by atoms with van der Waals surface area (Å²) in [4.78, 5) is 15.9. The van der Waals surface area contributed by atoms with Crippen LogP contribution in [0.15, 0.2) is 22.9 Å². The third-order valence-corrected chi connectivity index (χ3v) is 2.95. The molecule has 2 N–H and O–H groups in total. The van der Waals surface area contributed by atoms with E-state index in [2.05, 4.69) is 36.5 Å². The number of aromatic amines is 1. The number of halogens is 1. The zero-order valence-electron chi connectivity index (χ0n) is 9.48. The number of aromatic nitrogens is 4. The van der Waals surface area contributed by atoms with Crippen LogP contribution >= 0.6 is 28.1 Å². The molecule has 2 aromatic heterocycles. The van der Waals surface area contributed by atoms with E-state index in [1.807, 2.05) is 6.92 Å². The van der Waals surface area contributed by atoms with Crippen LogP contribution in [0.5, 0.6) is 0 Å². The molecular weight excluding hydrogens is 318 g/mol. The first kappa shape index (κ1) is 12.9. The van der Waals surface area contributed by atoms with Gasteiger partial charge in [-0.25, -0.2) is 4.68 Å². The van der Waals surface area contributed by atoms with Gasteiger partial charge < -0.3 is 0 Å². The van der Waals surface area contributed by atoms with Crippen LogP contribution in [0.25, 0.3) is 0 Å².